The van der Waals surface area contributed by atoms with Crippen LogP contribution in [0.1, 0.15) is 140 Å². The van der Waals surface area contributed by atoms with Crippen LogP contribution in [0.25, 0.3) is 0 Å². The summed E-state index contributed by atoms with van der Waals surface area (Å²) >= 11 is 0. The first-order valence-electron chi connectivity index (χ1n) is 29.7. The molecule has 2 rings (SSSR count). The van der Waals surface area contributed by atoms with Gasteiger partial charge < -0.3 is 64.6 Å². The lowest BCUT2D eigenvalue weighted by Crippen LogP contribution is -2.59. The van der Waals surface area contributed by atoms with E-state index in [9.17, 15) is 43.5 Å². The summed E-state index contributed by atoms with van der Waals surface area (Å²) in [6.45, 7) is 21.0. The van der Waals surface area contributed by atoms with Gasteiger partial charge in [0.1, 0.15) is 24.7 Å². The lowest BCUT2D eigenvalue weighted by atomic mass is 9.89. The molecular formula is C61H105N7O15. The van der Waals surface area contributed by atoms with Gasteiger partial charge in [-0.3, -0.25) is 38.5 Å². The van der Waals surface area contributed by atoms with E-state index in [1.165, 1.54) is 28.3 Å². The first-order chi connectivity index (χ1) is 39.0. The van der Waals surface area contributed by atoms with E-state index in [4.69, 9.17) is 28.4 Å². The predicted molar refractivity (Wildman–Crippen MR) is 315 cm³/mol. The summed E-state index contributed by atoms with van der Waals surface area (Å²) in [7, 11) is 9.81. The van der Waals surface area contributed by atoms with Crippen molar-refractivity contribution in [2.24, 2.45) is 29.1 Å². The largest absolute Gasteiger partial charge is 0.464 e. The summed E-state index contributed by atoms with van der Waals surface area (Å²) < 4.78 is 33.7. The summed E-state index contributed by atoms with van der Waals surface area (Å²) in [6, 6.07) is 4.97. The van der Waals surface area contributed by atoms with Gasteiger partial charge in [0, 0.05) is 60.7 Å². The molecule has 0 saturated carbocycles. The van der Waals surface area contributed by atoms with Crippen LogP contribution in [0, 0.1) is 29.1 Å². The maximum Gasteiger partial charge on any atom is 0.328 e. The molecule has 22 heteroatoms. The number of nitrogens with zero attached hydrogens (tertiary/aromatic N) is 3. The van der Waals surface area contributed by atoms with Gasteiger partial charge in [0.15, 0.2) is 6.29 Å². The average Bonchev–Trinajstić information content (AvgIpc) is 4.11. The van der Waals surface area contributed by atoms with Gasteiger partial charge in [-0.25, -0.2) is 4.79 Å². The lowest BCUT2D eigenvalue weighted by Gasteiger charge is -2.41. The Balaban J connectivity index is 2.05. The minimum atomic E-state index is -1.00. The Labute approximate surface area is 495 Å². The van der Waals surface area contributed by atoms with Gasteiger partial charge in [-0.15, -0.1) is 0 Å². The number of carbonyl (C=O) groups is 8. The number of benzene rings is 1. The van der Waals surface area contributed by atoms with Crippen LogP contribution in [-0.2, 0) is 73.2 Å². The quantitative estimate of drug-likeness (QED) is 0.0349. The Hall–Kier alpha value is -5.26. The van der Waals surface area contributed by atoms with Crippen LogP contribution in [0.5, 0.6) is 0 Å². The van der Waals surface area contributed by atoms with E-state index in [-0.39, 0.29) is 106 Å². The molecule has 474 valence electrons. The topological polar surface area (TPSA) is 270 Å². The fourth-order valence-electron chi connectivity index (χ4n) is 10.7. The number of amides is 6. The maximum atomic E-state index is 14.5. The number of methoxy groups -OCH3 is 3. The SMILES string of the molecule is CC[C@H](C)[C@@H]([C@@H](CC(=O)N1CCC[C@H]1[C@H](OC)[C@@H](C)C(=O)N[C@@H](Cc1ccccc1)C(=O)NCCCOC(=O)[C@@H](C)NC(=O)CCCC(=O)OCC(OC)OC(CO)CC(C)(C)C)OC)N(C)C(=O)[C@@H](NC(=O)[C@H](C(C)C)N(C)C)C(C)C. The fourth-order valence-corrected chi connectivity index (χ4v) is 10.7. The second-order valence-corrected chi connectivity index (χ2v) is 24.2. The third-order valence-electron chi connectivity index (χ3n) is 15.3. The lowest BCUT2D eigenvalue weighted by molar-refractivity contribution is -0.198. The molecule has 1 heterocycles. The highest BCUT2D eigenvalue weighted by molar-refractivity contribution is 5.91. The van der Waals surface area contributed by atoms with Crippen LogP contribution < -0.4 is 21.3 Å². The molecule has 1 aromatic rings. The number of nitrogens with one attached hydrogen (secondary N) is 4. The molecular weight excluding hydrogens is 1070 g/mol. The smallest absolute Gasteiger partial charge is 0.328 e. The summed E-state index contributed by atoms with van der Waals surface area (Å²) in [5.41, 5.74) is 0.699. The summed E-state index contributed by atoms with van der Waals surface area (Å²) in [4.78, 5) is 114. The number of likely N-dealkylation sites (tertiary alicyclic amines) is 1. The van der Waals surface area contributed by atoms with E-state index in [1.807, 2.05) is 112 Å². The first kappa shape index (κ1) is 73.8. The summed E-state index contributed by atoms with van der Waals surface area (Å²) in [6.07, 6.45) is 0.0409. The number of likely N-dealkylation sites (N-methyl/N-ethyl adjacent to an activating group) is 2. The van der Waals surface area contributed by atoms with Crippen molar-refractivity contribution in [3.05, 3.63) is 35.9 Å². The number of ether oxygens (including phenoxy) is 6. The van der Waals surface area contributed by atoms with Crippen molar-refractivity contribution in [1.29, 1.82) is 0 Å². The van der Waals surface area contributed by atoms with E-state index in [1.54, 1.807) is 23.8 Å². The van der Waals surface area contributed by atoms with Crippen LogP contribution >= 0.6 is 0 Å². The number of aliphatic hydroxyl groups is 1. The van der Waals surface area contributed by atoms with Crippen LogP contribution in [0.2, 0.25) is 0 Å². The molecule has 12 atom stereocenters. The molecule has 1 saturated heterocycles. The minimum absolute atomic E-state index is 0.00416. The van der Waals surface area contributed by atoms with Crippen molar-refractivity contribution in [1.82, 2.24) is 36.0 Å². The number of hydrogen-bond acceptors (Lipinski definition) is 16. The van der Waals surface area contributed by atoms with Crippen molar-refractivity contribution in [2.45, 2.75) is 201 Å². The molecule has 1 aliphatic rings. The summed E-state index contributed by atoms with van der Waals surface area (Å²) in [5, 5.41) is 21.1. The minimum Gasteiger partial charge on any atom is -0.464 e. The Morgan fingerprint density at radius 1 is 0.795 bits per heavy atom. The zero-order valence-corrected chi connectivity index (χ0v) is 53.1. The van der Waals surface area contributed by atoms with Crippen LogP contribution in [0.15, 0.2) is 30.3 Å². The standard InChI is InChI=1S/C61H105N7O15/c1-18-40(6)54(67(14)59(76)52(38(2)3)65-58(75)53(39(4)5)66(12)13)47(78-15)34-49(71)68-31-23-27-46(68)55(80-17)41(7)56(73)64-45(33-43-25-20-19-21-26-43)57(74)62-30-24-32-81-60(77)42(8)63-48(70)28-22-29-50(72)82-37-51(79-16)83-44(36-69)35-61(9,10)11/h19-21,25-26,38-42,44-47,51-55,69H,18,22-24,27-37H2,1-17H3,(H,62,74)(H,63,70)(H,64,73)(H,65,75)/t40-,41+,42+,44?,45-,46-,47+,51?,52-,53-,54-,55+/m0/s1. The van der Waals surface area contributed by atoms with E-state index in [2.05, 4.69) is 21.3 Å². The number of esters is 2. The molecule has 83 heavy (non-hydrogen) atoms. The van der Waals surface area contributed by atoms with Crippen LogP contribution in [0.4, 0.5) is 0 Å². The molecule has 6 amide bonds. The number of hydrogen-bond donors (Lipinski definition) is 5. The zero-order valence-electron chi connectivity index (χ0n) is 53.1. The number of aliphatic hydroxyl groups excluding tert-OH is 1. The molecule has 0 spiro atoms. The molecule has 2 unspecified atom stereocenters. The van der Waals surface area contributed by atoms with Crippen molar-refractivity contribution in [3.8, 4) is 0 Å². The number of rotatable bonds is 38. The fraction of sp³-hybridized carbons (Fsp3) is 0.770. The highest BCUT2D eigenvalue weighted by Gasteiger charge is 2.44. The predicted octanol–water partition coefficient (Wildman–Crippen LogP) is 4.42. The van der Waals surface area contributed by atoms with Crippen LogP contribution in [0.3, 0.4) is 0 Å². The molecule has 0 aliphatic carbocycles. The monoisotopic (exact) mass is 1180 g/mol. The Kier molecular flexibility index (Phi) is 33.1. The zero-order chi connectivity index (χ0) is 62.7. The Morgan fingerprint density at radius 2 is 1.46 bits per heavy atom. The van der Waals surface area contributed by atoms with Gasteiger partial charge in [0.2, 0.25) is 35.4 Å². The second kappa shape index (κ2) is 37.2. The molecule has 1 aromatic carbocycles. The van der Waals surface area contributed by atoms with Gasteiger partial charge >= 0.3 is 11.9 Å². The van der Waals surface area contributed by atoms with Gasteiger partial charge in [-0.1, -0.05) is 106 Å². The first-order valence-corrected chi connectivity index (χ1v) is 29.7. The Morgan fingerprint density at radius 3 is 2.01 bits per heavy atom. The third kappa shape index (κ3) is 25.1. The average molecular weight is 1180 g/mol. The van der Waals surface area contributed by atoms with E-state index < -0.39 is 96.4 Å². The van der Waals surface area contributed by atoms with Gasteiger partial charge in [-0.05, 0) is 81.9 Å². The normalized spacial score (nSPS) is 17.7. The van der Waals surface area contributed by atoms with E-state index in [0.29, 0.717) is 32.2 Å². The molecule has 1 fully saturated rings. The molecule has 0 aromatic heterocycles. The molecule has 0 bridgehead atoms. The molecule has 1 aliphatic heterocycles. The third-order valence-corrected chi connectivity index (χ3v) is 15.3. The van der Waals surface area contributed by atoms with Crippen LogP contribution in [-0.4, -0.2) is 203 Å². The highest BCUT2D eigenvalue weighted by atomic mass is 16.7. The van der Waals surface area contributed by atoms with Crippen molar-refractivity contribution < 1.29 is 71.9 Å². The number of carbonyl (C=O) groups excluding carboxylic acids is 8. The second-order valence-electron chi connectivity index (χ2n) is 24.2. The van der Waals surface area contributed by atoms with Crippen molar-refractivity contribution in [2.75, 3.05) is 75.4 Å². The highest BCUT2D eigenvalue weighted by Crippen LogP contribution is 2.30. The molecule has 0 radical (unpaired) electrons. The van der Waals surface area contributed by atoms with Crippen molar-refractivity contribution in [3.63, 3.8) is 0 Å². The molecule has 22 nitrogen and oxygen atoms in total. The van der Waals surface area contributed by atoms with Crippen molar-refractivity contribution >= 4 is 47.4 Å². The molecule has 5 N–H and O–H groups in total. The maximum absolute atomic E-state index is 14.5. The Bertz CT molecular complexity index is 2150. The summed E-state index contributed by atoms with van der Waals surface area (Å²) in [5.74, 6) is -4.48. The van der Waals surface area contributed by atoms with Gasteiger partial charge in [-0.2, -0.15) is 0 Å². The van der Waals surface area contributed by atoms with E-state index >= 15 is 0 Å². The van der Waals surface area contributed by atoms with E-state index in [0.717, 1.165) is 5.56 Å². The van der Waals surface area contributed by atoms with Gasteiger partial charge in [0.05, 0.1) is 62.0 Å². The van der Waals surface area contributed by atoms with Gasteiger partial charge in [0.25, 0.3) is 0 Å².